The molecule has 0 aliphatic carbocycles. The van der Waals surface area contributed by atoms with Crippen molar-refractivity contribution in [2.75, 3.05) is 48.5 Å². The number of likely N-dealkylation sites (tertiary alicyclic amines) is 1. The summed E-state index contributed by atoms with van der Waals surface area (Å²) >= 11 is 0. The molecule has 118 valence electrons. The average molecular weight is 294 g/mol. The van der Waals surface area contributed by atoms with E-state index < -0.39 is 0 Å². The predicted molar refractivity (Wildman–Crippen MR) is 83.5 cm³/mol. The summed E-state index contributed by atoms with van der Waals surface area (Å²) in [4.78, 5) is 2.37. The van der Waals surface area contributed by atoms with Crippen molar-refractivity contribution in [3.8, 4) is 17.2 Å². The Balaban J connectivity index is 2.49. The first-order valence-corrected chi connectivity index (χ1v) is 7.31. The summed E-state index contributed by atoms with van der Waals surface area (Å²) in [6, 6.07) is 4.15. The highest BCUT2D eigenvalue weighted by atomic mass is 16.5. The third-order valence-electron chi connectivity index (χ3n) is 4.29. The minimum atomic E-state index is 0.285. The molecule has 1 aliphatic heterocycles. The summed E-state index contributed by atoms with van der Waals surface area (Å²) in [6.07, 6.45) is 1.17. The van der Waals surface area contributed by atoms with Crippen molar-refractivity contribution in [3.63, 3.8) is 0 Å². The van der Waals surface area contributed by atoms with Gasteiger partial charge in [0.1, 0.15) is 17.2 Å². The highest BCUT2D eigenvalue weighted by Crippen LogP contribution is 2.46. The van der Waals surface area contributed by atoms with E-state index in [1.165, 1.54) is 6.42 Å². The van der Waals surface area contributed by atoms with Gasteiger partial charge >= 0.3 is 0 Å². The molecule has 5 nitrogen and oxygen atoms in total. The molecule has 0 aromatic heterocycles. The molecular weight excluding hydrogens is 268 g/mol. The molecular formula is C16H26N2O3. The summed E-state index contributed by atoms with van der Waals surface area (Å²) in [5.41, 5.74) is 1.11. The van der Waals surface area contributed by atoms with Gasteiger partial charge in [0.2, 0.25) is 0 Å². The Hall–Kier alpha value is -1.46. The molecule has 21 heavy (non-hydrogen) atoms. The monoisotopic (exact) mass is 294 g/mol. The quantitative estimate of drug-likeness (QED) is 0.868. The zero-order valence-electron chi connectivity index (χ0n) is 13.6. The summed E-state index contributed by atoms with van der Waals surface area (Å²) in [5.74, 6) is 2.94. The third kappa shape index (κ3) is 3.09. The van der Waals surface area contributed by atoms with Crippen LogP contribution in [0.2, 0.25) is 0 Å². The van der Waals surface area contributed by atoms with Gasteiger partial charge in [-0.15, -0.1) is 0 Å². The number of hydrogen-bond acceptors (Lipinski definition) is 5. The Morgan fingerprint density at radius 2 is 1.76 bits per heavy atom. The van der Waals surface area contributed by atoms with Crippen molar-refractivity contribution in [1.82, 2.24) is 10.2 Å². The molecule has 1 aromatic carbocycles. The first-order chi connectivity index (χ1) is 10.2. The minimum absolute atomic E-state index is 0.285. The molecule has 5 heteroatoms. The Kier molecular flexibility index (Phi) is 5.31. The number of ether oxygens (including phenoxy) is 3. The lowest BCUT2D eigenvalue weighted by Gasteiger charge is -2.28. The molecule has 1 fully saturated rings. The predicted octanol–water partition coefficient (Wildman–Crippen LogP) is 1.92. The molecule has 1 heterocycles. The molecule has 1 N–H and O–H groups in total. The van der Waals surface area contributed by atoms with Crippen LogP contribution in [-0.2, 0) is 0 Å². The van der Waals surface area contributed by atoms with E-state index >= 15 is 0 Å². The normalized spacial score (nSPS) is 22.3. The van der Waals surface area contributed by atoms with Crippen molar-refractivity contribution < 1.29 is 14.2 Å². The van der Waals surface area contributed by atoms with Crippen LogP contribution in [0, 0.1) is 5.92 Å². The van der Waals surface area contributed by atoms with E-state index in [1.54, 1.807) is 21.3 Å². The maximum absolute atomic E-state index is 5.61. The standard InChI is InChI=1S/C16H26N2O3/c1-17-10-11-6-7-18(2)16(11)15-13(20-4)8-12(19-3)9-14(15)21-5/h8-9,11,16-17H,6-7,10H2,1-5H3. The van der Waals surface area contributed by atoms with E-state index in [-0.39, 0.29) is 6.04 Å². The van der Waals surface area contributed by atoms with Crippen LogP contribution in [0.25, 0.3) is 0 Å². The van der Waals surface area contributed by atoms with Gasteiger partial charge < -0.3 is 19.5 Å². The van der Waals surface area contributed by atoms with Gasteiger partial charge in [-0.2, -0.15) is 0 Å². The fraction of sp³-hybridized carbons (Fsp3) is 0.625. The molecule has 1 aromatic rings. The van der Waals surface area contributed by atoms with E-state index in [2.05, 4.69) is 17.3 Å². The van der Waals surface area contributed by atoms with Crippen LogP contribution in [0.15, 0.2) is 12.1 Å². The topological polar surface area (TPSA) is 43.0 Å². The largest absolute Gasteiger partial charge is 0.496 e. The lowest BCUT2D eigenvalue weighted by atomic mass is 9.92. The zero-order valence-corrected chi connectivity index (χ0v) is 13.6. The SMILES string of the molecule is CNCC1CCN(C)C1c1c(OC)cc(OC)cc1OC. The van der Waals surface area contributed by atoms with Crippen LogP contribution in [-0.4, -0.2) is 53.4 Å². The average Bonchev–Trinajstić information content (AvgIpc) is 2.86. The Morgan fingerprint density at radius 3 is 2.24 bits per heavy atom. The summed E-state index contributed by atoms with van der Waals surface area (Å²) < 4.78 is 16.6. The lowest BCUT2D eigenvalue weighted by Crippen LogP contribution is -2.27. The molecule has 0 radical (unpaired) electrons. The van der Waals surface area contributed by atoms with Crippen LogP contribution >= 0.6 is 0 Å². The summed E-state index contributed by atoms with van der Waals surface area (Å²) in [5, 5.41) is 3.29. The van der Waals surface area contributed by atoms with Crippen LogP contribution < -0.4 is 19.5 Å². The minimum Gasteiger partial charge on any atom is -0.496 e. The van der Waals surface area contributed by atoms with Gasteiger partial charge in [-0.25, -0.2) is 0 Å². The molecule has 2 unspecified atom stereocenters. The first-order valence-electron chi connectivity index (χ1n) is 7.31. The second-order valence-corrected chi connectivity index (χ2v) is 5.48. The van der Waals surface area contributed by atoms with Gasteiger partial charge in [0.15, 0.2) is 0 Å². The van der Waals surface area contributed by atoms with Gasteiger partial charge in [-0.05, 0) is 39.5 Å². The maximum Gasteiger partial charge on any atom is 0.131 e. The van der Waals surface area contributed by atoms with Gasteiger partial charge in [-0.3, -0.25) is 4.90 Å². The van der Waals surface area contributed by atoms with Gasteiger partial charge in [-0.1, -0.05) is 0 Å². The first kappa shape index (κ1) is 15.9. The molecule has 0 spiro atoms. The van der Waals surface area contributed by atoms with Crippen LogP contribution in [0.3, 0.4) is 0 Å². The van der Waals surface area contributed by atoms with E-state index in [0.717, 1.165) is 35.9 Å². The number of hydrogen-bond donors (Lipinski definition) is 1. The van der Waals surface area contributed by atoms with E-state index in [0.29, 0.717) is 5.92 Å². The van der Waals surface area contributed by atoms with E-state index in [9.17, 15) is 0 Å². The second kappa shape index (κ2) is 7.00. The molecule has 0 saturated carbocycles. The van der Waals surface area contributed by atoms with Gasteiger partial charge in [0, 0.05) is 18.2 Å². The Labute approximate surface area is 127 Å². The lowest BCUT2D eigenvalue weighted by molar-refractivity contribution is 0.255. The maximum atomic E-state index is 5.61. The second-order valence-electron chi connectivity index (χ2n) is 5.48. The fourth-order valence-electron chi connectivity index (χ4n) is 3.28. The van der Waals surface area contributed by atoms with Crippen molar-refractivity contribution in [2.45, 2.75) is 12.5 Å². The van der Waals surface area contributed by atoms with Crippen molar-refractivity contribution in [1.29, 1.82) is 0 Å². The molecule has 1 saturated heterocycles. The Bertz CT molecular complexity index is 452. The fourth-order valence-corrected chi connectivity index (χ4v) is 3.28. The number of nitrogens with zero attached hydrogens (tertiary/aromatic N) is 1. The highest BCUT2D eigenvalue weighted by Gasteiger charge is 2.36. The zero-order chi connectivity index (χ0) is 15.4. The third-order valence-corrected chi connectivity index (χ3v) is 4.29. The number of nitrogens with one attached hydrogen (secondary N) is 1. The molecule has 2 atom stereocenters. The molecule has 0 amide bonds. The molecule has 0 bridgehead atoms. The van der Waals surface area contributed by atoms with Crippen molar-refractivity contribution in [2.24, 2.45) is 5.92 Å². The van der Waals surface area contributed by atoms with Crippen molar-refractivity contribution in [3.05, 3.63) is 17.7 Å². The number of methoxy groups -OCH3 is 3. The molecule has 2 rings (SSSR count). The summed E-state index contributed by atoms with van der Waals surface area (Å²) in [7, 11) is 9.19. The van der Waals surface area contributed by atoms with Gasteiger partial charge in [0.25, 0.3) is 0 Å². The van der Waals surface area contributed by atoms with Crippen LogP contribution in [0.4, 0.5) is 0 Å². The van der Waals surface area contributed by atoms with Crippen LogP contribution in [0.1, 0.15) is 18.0 Å². The van der Waals surface area contributed by atoms with Gasteiger partial charge in [0.05, 0.1) is 26.9 Å². The molecule has 1 aliphatic rings. The number of rotatable bonds is 6. The van der Waals surface area contributed by atoms with E-state index in [4.69, 9.17) is 14.2 Å². The van der Waals surface area contributed by atoms with E-state index in [1.807, 2.05) is 19.2 Å². The highest BCUT2D eigenvalue weighted by molar-refractivity contribution is 5.53. The Morgan fingerprint density at radius 1 is 1.14 bits per heavy atom. The smallest absolute Gasteiger partial charge is 0.131 e. The number of benzene rings is 1. The van der Waals surface area contributed by atoms with Crippen molar-refractivity contribution >= 4 is 0 Å². The summed E-state index contributed by atoms with van der Waals surface area (Å²) in [6.45, 7) is 2.06. The van der Waals surface area contributed by atoms with Crippen LogP contribution in [0.5, 0.6) is 17.2 Å².